The molecule has 1 aromatic rings. The van der Waals surface area contributed by atoms with Gasteiger partial charge < -0.3 is 4.57 Å². The maximum atomic E-state index is 12.2. The Balaban J connectivity index is 3.18. The van der Waals surface area contributed by atoms with E-state index in [9.17, 15) is 18.0 Å². The molecule has 0 aromatic carbocycles. The van der Waals surface area contributed by atoms with E-state index in [-0.39, 0.29) is 5.69 Å². The van der Waals surface area contributed by atoms with Crippen LogP contribution in [0.25, 0.3) is 0 Å². The lowest BCUT2D eigenvalue weighted by molar-refractivity contribution is -0.0892. The van der Waals surface area contributed by atoms with Crippen molar-refractivity contribution in [3.63, 3.8) is 0 Å². The summed E-state index contributed by atoms with van der Waals surface area (Å²) >= 11 is 0. The normalized spacial score (nSPS) is 12.9. The van der Waals surface area contributed by atoms with E-state index in [1.54, 1.807) is 20.8 Å². The van der Waals surface area contributed by atoms with Crippen LogP contribution >= 0.6 is 0 Å². The van der Waals surface area contributed by atoms with Crippen LogP contribution in [0.3, 0.4) is 0 Å². The van der Waals surface area contributed by atoms with Crippen molar-refractivity contribution in [2.45, 2.75) is 32.5 Å². The van der Waals surface area contributed by atoms with E-state index in [0.29, 0.717) is 0 Å². The van der Waals surface area contributed by atoms with Crippen LogP contribution in [0.15, 0.2) is 18.3 Å². The molecule has 0 aliphatic rings. The van der Waals surface area contributed by atoms with Gasteiger partial charge in [-0.1, -0.05) is 0 Å². The third kappa shape index (κ3) is 2.40. The first-order valence-electron chi connectivity index (χ1n) is 4.43. The third-order valence-electron chi connectivity index (χ3n) is 1.96. The molecule has 0 bridgehead atoms. The average Bonchev–Trinajstić information content (AvgIpc) is 2.47. The Labute approximate surface area is 85.7 Å². The number of ketones is 1. The minimum Gasteiger partial charge on any atom is -0.340 e. The molecule has 0 saturated carbocycles. The first kappa shape index (κ1) is 11.8. The van der Waals surface area contributed by atoms with Crippen LogP contribution < -0.4 is 0 Å². The summed E-state index contributed by atoms with van der Waals surface area (Å²) in [6.07, 6.45) is -3.35. The molecule has 0 aliphatic carbocycles. The summed E-state index contributed by atoms with van der Waals surface area (Å²) < 4.78 is 38.0. The topological polar surface area (TPSA) is 22.0 Å². The summed E-state index contributed by atoms with van der Waals surface area (Å²) in [6, 6.07) is 2.62. The van der Waals surface area contributed by atoms with E-state index in [4.69, 9.17) is 0 Å². The largest absolute Gasteiger partial charge is 0.456 e. The van der Waals surface area contributed by atoms with Gasteiger partial charge in [-0.05, 0) is 32.9 Å². The quantitative estimate of drug-likeness (QED) is 0.665. The highest BCUT2D eigenvalue weighted by Gasteiger charge is 2.41. The highest BCUT2D eigenvalue weighted by Crippen LogP contribution is 2.25. The monoisotopic (exact) mass is 219 g/mol. The molecular weight excluding hydrogens is 207 g/mol. The van der Waals surface area contributed by atoms with Crippen molar-refractivity contribution in [1.82, 2.24) is 4.57 Å². The number of carbonyl (C=O) groups excluding carboxylic acids is 1. The fourth-order valence-corrected chi connectivity index (χ4v) is 1.30. The second-order valence-electron chi connectivity index (χ2n) is 4.26. The van der Waals surface area contributed by atoms with Crippen LogP contribution in [0.4, 0.5) is 13.2 Å². The van der Waals surface area contributed by atoms with Crippen LogP contribution in [0.5, 0.6) is 0 Å². The molecular formula is C10H12F3NO. The number of carbonyl (C=O) groups is 1. The van der Waals surface area contributed by atoms with E-state index < -0.39 is 17.5 Å². The van der Waals surface area contributed by atoms with Crippen LogP contribution in [-0.2, 0) is 5.54 Å². The molecule has 0 amide bonds. The Hall–Kier alpha value is -1.26. The number of rotatable bonds is 1. The lowest BCUT2D eigenvalue weighted by atomic mass is 10.1. The van der Waals surface area contributed by atoms with Crippen molar-refractivity contribution in [2.24, 2.45) is 0 Å². The minimum absolute atomic E-state index is 0.324. The van der Waals surface area contributed by atoms with Crippen LogP contribution in [-0.4, -0.2) is 16.5 Å². The molecule has 0 radical (unpaired) electrons. The predicted octanol–water partition coefficient (Wildman–Crippen LogP) is 2.99. The van der Waals surface area contributed by atoms with E-state index >= 15 is 0 Å². The molecule has 1 aromatic heterocycles. The van der Waals surface area contributed by atoms with Gasteiger partial charge in [-0.25, -0.2) is 0 Å². The van der Waals surface area contributed by atoms with Crippen LogP contribution in [0.1, 0.15) is 31.3 Å². The Morgan fingerprint density at radius 3 is 2.20 bits per heavy atom. The third-order valence-corrected chi connectivity index (χ3v) is 1.96. The van der Waals surface area contributed by atoms with Gasteiger partial charge in [0.15, 0.2) is 0 Å². The Bertz CT molecular complexity index is 371. The first-order valence-corrected chi connectivity index (χ1v) is 4.43. The summed E-state index contributed by atoms with van der Waals surface area (Å²) in [4.78, 5) is 11.0. The zero-order valence-corrected chi connectivity index (χ0v) is 8.72. The van der Waals surface area contributed by atoms with Gasteiger partial charge in [0.2, 0.25) is 0 Å². The molecule has 2 nitrogen and oxygen atoms in total. The van der Waals surface area contributed by atoms with Crippen molar-refractivity contribution in [3.05, 3.63) is 24.0 Å². The molecule has 0 aliphatic heterocycles. The molecule has 0 fully saturated rings. The summed E-state index contributed by atoms with van der Waals surface area (Å²) in [5.41, 5.74) is -0.866. The average molecular weight is 219 g/mol. The fraction of sp³-hybridized carbons (Fsp3) is 0.500. The van der Waals surface area contributed by atoms with E-state index in [1.807, 2.05) is 0 Å². The number of aromatic nitrogens is 1. The smallest absolute Gasteiger partial charge is 0.340 e. The number of hydrogen-bond donors (Lipinski definition) is 0. The van der Waals surface area contributed by atoms with Crippen molar-refractivity contribution >= 4 is 5.78 Å². The van der Waals surface area contributed by atoms with Crippen LogP contribution in [0.2, 0.25) is 0 Å². The summed E-state index contributed by atoms with van der Waals surface area (Å²) in [5.74, 6) is -1.80. The zero-order valence-electron chi connectivity index (χ0n) is 8.72. The van der Waals surface area contributed by atoms with Gasteiger partial charge in [0.25, 0.3) is 5.78 Å². The number of alkyl halides is 3. The van der Waals surface area contributed by atoms with E-state index in [2.05, 4.69) is 0 Å². The molecule has 15 heavy (non-hydrogen) atoms. The molecule has 0 N–H and O–H groups in total. The lowest BCUT2D eigenvalue weighted by Crippen LogP contribution is -2.30. The van der Waals surface area contributed by atoms with Crippen molar-refractivity contribution in [1.29, 1.82) is 0 Å². The molecule has 0 spiro atoms. The second-order valence-corrected chi connectivity index (χ2v) is 4.26. The van der Waals surface area contributed by atoms with Crippen LogP contribution in [0, 0.1) is 0 Å². The van der Waals surface area contributed by atoms with Gasteiger partial charge in [-0.3, -0.25) is 4.79 Å². The van der Waals surface area contributed by atoms with Gasteiger partial charge >= 0.3 is 6.18 Å². The maximum Gasteiger partial charge on any atom is 0.456 e. The first-order chi connectivity index (χ1) is 6.64. The number of Topliss-reactive ketones (excluding diaryl/α,β-unsaturated/α-hetero) is 1. The molecule has 0 unspecified atom stereocenters. The molecule has 1 rings (SSSR count). The minimum atomic E-state index is -4.82. The standard InChI is InChI=1S/C10H12F3NO/c1-9(2,3)14-6-4-5-7(14)8(15)10(11,12)13/h4-6H,1-3H3. The molecule has 0 saturated heterocycles. The number of nitrogens with zero attached hydrogens (tertiary/aromatic N) is 1. The van der Waals surface area contributed by atoms with Crippen molar-refractivity contribution < 1.29 is 18.0 Å². The van der Waals surface area contributed by atoms with Gasteiger partial charge in [0.05, 0.1) is 5.69 Å². The molecule has 5 heteroatoms. The number of halogens is 3. The Morgan fingerprint density at radius 1 is 1.27 bits per heavy atom. The fourth-order valence-electron chi connectivity index (χ4n) is 1.30. The second kappa shape index (κ2) is 3.40. The highest BCUT2D eigenvalue weighted by atomic mass is 19.4. The van der Waals surface area contributed by atoms with E-state index in [0.717, 1.165) is 0 Å². The van der Waals surface area contributed by atoms with Gasteiger partial charge in [-0.15, -0.1) is 0 Å². The maximum absolute atomic E-state index is 12.2. The predicted molar refractivity (Wildman–Crippen MR) is 49.8 cm³/mol. The SMILES string of the molecule is CC(C)(C)n1cccc1C(=O)C(F)(F)F. The Kier molecular flexibility index (Phi) is 2.67. The van der Waals surface area contributed by atoms with Gasteiger partial charge in [-0.2, -0.15) is 13.2 Å². The lowest BCUT2D eigenvalue weighted by Gasteiger charge is -2.24. The Morgan fingerprint density at radius 2 is 1.80 bits per heavy atom. The highest BCUT2D eigenvalue weighted by molar-refractivity contribution is 5.99. The van der Waals surface area contributed by atoms with Crippen molar-refractivity contribution in [3.8, 4) is 0 Å². The van der Waals surface area contributed by atoms with Gasteiger partial charge in [0, 0.05) is 11.7 Å². The van der Waals surface area contributed by atoms with E-state index in [1.165, 1.54) is 22.9 Å². The summed E-state index contributed by atoms with van der Waals surface area (Å²) in [5, 5.41) is 0. The summed E-state index contributed by atoms with van der Waals surface area (Å²) in [7, 11) is 0. The van der Waals surface area contributed by atoms with Crippen molar-refractivity contribution in [2.75, 3.05) is 0 Å². The number of hydrogen-bond acceptors (Lipinski definition) is 1. The molecule has 0 atom stereocenters. The zero-order chi connectivity index (χ0) is 11.9. The molecule has 84 valence electrons. The van der Waals surface area contributed by atoms with Gasteiger partial charge in [0.1, 0.15) is 0 Å². The summed E-state index contributed by atoms with van der Waals surface area (Å²) in [6.45, 7) is 5.21. The molecule has 1 heterocycles.